The molecule has 2 N–H and O–H groups in total. The zero-order valence-corrected chi connectivity index (χ0v) is 15.0. The van der Waals surface area contributed by atoms with Crippen molar-refractivity contribution in [2.75, 3.05) is 0 Å². The van der Waals surface area contributed by atoms with Crippen LogP contribution in [0.2, 0.25) is 0 Å². The van der Waals surface area contributed by atoms with E-state index in [1.165, 1.54) is 0 Å². The van der Waals surface area contributed by atoms with Crippen LogP contribution in [0.15, 0.2) is 39.3 Å². The van der Waals surface area contributed by atoms with Gasteiger partial charge in [0.25, 0.3) is 5.89 Å². The molecule has 1 fully saturated rings. The molecule has 4 rings (SSSR count). The number of halogens is 1. The molecule has 1 aromatic carbocycles. The standard InChI is InChI=1S/C17H18BrN5O/c1-11-10-14(21-23(11)13-6-4-12(18)5-7-13)15-20-16(22-24-15)17(19)8-2-3-9-17/h4-7,10H,2-3,8-9,19H2,1H3. The molecule has 2 heterocycles. The highest BCUT2D eigenvalue weighted by atomic mass is 79.9. The molecule has 2 aromatic heterocycles. The number of rotatable bonds is 3. The minimum atomic E-state index is -0.453. The van der Waals surface area contributed by atoms with E-state index in [2.05, 4.69) is 31.2 Å². The molecule has 0 atom stereocenters. The number of aromatic nitrogens is 4. The van der Waals surface area contributed by atoms with Crippen LogP contribution in [-0.4, -0.2) is 19.9 Å². The van der Waals surface area contributed by atoms with Gasteiger partial charge in [-0.25, -0.2) is 4.68 Å². The molecule has 1 aliphatic rings. The van der Waals surface area contributed by atoms with Gasteiger partial charge in [-0.2, -0.15) is 10.1 Å². The summed E-state index contributed by atoms with van der Waals surface area (Å²) in [7, 11) is 0. The van der Waals surface area contributed by atoms with Gasteiger partial charge in [0, 0.05) is 10.2 Å². The number of hydrogen-bond donors (Lipinski definition) is 1. The van der Waals surface area contributed by atoms with Gasteiger partial charge in [-0.1, -0.05) is 33.9 Å². The van der Waals surface area contributed by atoms with Crippen molar-refractivity contribution in [1.29, 1.82) is 0 Å². The highest BCUT2D eigenvalue weighted by Gasteiger charge is 2.36. The minimum Gasteiger partial charge on any atom is -0.332 e. The number of aryl methyl sites for hydroxylation is 1. The fraction of sp³-hybridized carbons (Fsp3) is 0.353. The highest BCUT2D eigenvalue weighted by Crippen LogP contribution is 2.35. The molecule has 0 amide bonds. The van der Waals surface area contributed by atoms with Gasteiger partial charge in [-0.05, 0) is 50.1 Å². The summed E-state index contributed by atoms with van der Waals surface area (Å²) in [6.07, 6.45) is 4.02. The molecule has 0 bridgehead atoms. The summed E-state index contributed by atoms with van der Waals surface area (Å²) < 4.78 is 8.32. The van der Waals surface area contributed by atoms with Crippen LogP contribution in [0.3, 0.4) is 0 Å². The Balaban J connectivity index is 1.67. The van der Waals surface area contributed by atoms with E-state index in [0.717, 1.165) is 41.5 Å². The van der Waals surface area contributed by atoms with Gasteiger partial charge in [-0.15, -0.1) is 0 Å². The Morgan fingerprint density at radius 1 is 1.21 bits per heavy atom. The van der Waals surface area contributed by atoms with Gasteiger partial charge in [0.05, 0.1) is 11.2 Å². The molecular formula is C17H18BrN5O. The van der Waals surface area contributed by atoms with Crippen molar-refractivity contribution < 1.29 is 4.52 Å². The van der Waals surface area contributed by atoms with Crippen LogP contribution in [-0.2, 0) is 5.54 Å². The quantitative estimate of drug-likeness (QED) is 0.740. The van der Waals surface area contributed by atoms with Crippen LogP contribution < -0.4 is 5.73 Å². The number of nitrogens with two attached hydrogens (primary N) is 1. The van der Waals surface area contributed by atoms with Crippen LogP contribution in [0.5, 0.6) is 0 Å². The first-order valence-electron chi connectivity index (χ1n) is 8.01. The van der Waals surface area contributed by atoms with Crippen molar-refractivity contribution in [2.24, 2.45) is 5.73 Å². The molecule has 0 saturated heterocycles. The highest BCUT2D eigenvalue weighted by molar-refractivity contribution is 9.10. The Morgan fingerprint density at radius 2 is 1.92 bits per heavy atom. The average molecular weight is 388 g/mol. The van der Waals surface area contributed by atoms with E-state index in [4.69, 9.17) is 10.3 Å². The van der Waals surface area contributed by atoms with Crippen LogP contribution in [0.1, 0.15) is 37.2 Å². The maximum Gasteiger partial charge on any atom is 0.278 e. The summed E-state index contributed by atoms with van der Waals surface area (Å²) in [5.74, 6) is 1.01. The monoisotopic (exact) mass is 387 g/mol. The third kappa shape index (κ3) is 2.67. The summed E-state index contributed by atoms with van der Waals surface area (Å²) in [6.45, 7) is 2.00. The largest absolute Gasteiger partial charge is 0.332 e. The SMILES string of the molecule is Cc1cc(-c2nc(C3(N)CCCC3)no2)nn1-c1ccc(Br)cc1. The maximum atomic E-state index is 6.40. The summed E-state index contributed by atoms with van der Waals surface area (Å²) in [6, 6.07) is 9.91. The normalized spacial score (nSPS) is 16.6. The molecule has 0 spiro atoms. The average Bonchev–Trinajstić information content (AvgIpc) is 3.28. The van der Waals surface area contributed by atoms with Gasteiger partial charge in [0.2, 0.25) is 0 Å². The fourth-order valence-corrected chi connectivity index (χ4v) is 3.45. The lowest BCUT2D eigenvalue weighted by Crippen LogP contribution is -2.34. The smallest absolute Gasteiger partial charge is 0.278 e. The molecule has 6 nitrogen and oxygen atoms in total. The number of hydrogen-bond acceptors (Lipinski definition) is 5. The Kier molecular flexibility index (Phi) is 3.77. The predicted octanol–water partition coefficient (Wildman–Crippen LogP) is 3.72. The van der Waals surface area contributed by atoms with E-state index in [0.29, 0.717) is 17.4 Å². The molecule has 0 aliphatic heterocycles. The predicted molar refractivity (Wildman–Crippen MR) is 93.6 cm³/mol. The lowest BCUT2D eigenvalue weighted by Gasteiger charge is -2.17. The molecule has 124 valence electrons. The first kappa shape index (κ1) is 15.5. The Labute approximate surface area is 148 Å². The molecule has 1 saturated carbocycles. The zero-order chi connectivity index (χ0) is 16.7. The van der Waals surface area contributed by atoms with Crippen molar-refractivity contribution in [3.8, 4) is 17.3 Å². The lowest BCUT2D eigenvalue weighted by molar-refractivity contribution is 0.372. The molecule has 0 unspecified atom stereocenters. The molecular weight excluding hydrogens is 370 g/mol. The van der Waals surface area contributed by atoms with Crippen LogP contribution in [0.25, 0.3) is 17.3 Å². The molecule has 24 heavy (non-hydrogen) atoms. The third-order valence-electron chi connectivity index (χ3n) is 4.54. The third-order valence-corrected chi connectivity index (χ3v) is 5.07. The van der Waals surface area contributed by atoms with E-state index in [-0.39, 0.29) is 0 Å². The van der Waals surface area contributed by atoms with Crippen molar-refractivity contribution in [2.45, 2.75) is 38.1 Å². The number of nitrogens with zero attached hydrogens (tertiary/aromatic N) is 4. The number of benzene rings is 1. The summed E-state index contributed by atoms with van der Waals surface area (Å²) in [4.78, 5) is 4.51. The van der Waals surface area contributed by atoms with Crippen molar-refractivity contribution in [3.63, 3.8) is 0 Å². The van der Waals surface area contributed by atoms with Crippen molar-refractivity contribution in [3.05, 3.63) is 46.3 Å². The summed E-state index contributed by atoms with van der Waals surface area (Å²) >= 11 is 3.44. The molecule has 1 aliphatic carbocycles. The van der Waals surface area contributed by atoms with E-state index in [1.54, 1.807) is 0 Å². The van der Waals surface area contributed by atoms with Gasteiger partial charge in [0.1, 0.15) is 0 Å². The Morgan fingerprint density at radius 3 is 2.62 bits per heavy atom. The van der Waals surface area contributed by atoms with Gasteiger partial charge in [0.15, 0.2) is 11.5 Å². The van der Waals surface area contributed by atoms with Gasteiger partial charge in [-0.3, -0.25) is 0 Å². The topological polar surface area (TPSA) is 82.8 Å². The zero-order valence-electron chi connectivity index (χ0n) is 13.4. The van der Waals surface area contributed by atoms with E-state index < -0.39 is 5.54 Å². The minimum absolute atomic E-state index is 0.417. The molecule has 3 aromatic rings. The maximum absolute atomic E-state index is 6.40. The van der Waals surface area contributed by atoms with Gasteiger partial charge < -0.3 is 10.3 Å². The second-order valence-corrected chi connectivity index (χ2v) is 7.26. The van der Waals surface area contributed by atoms with Crippen LogP contribution >= 0.6 is 15.9 Å². The molecule has 7 heteroatoms. The second kappa shape index (κ2) is 5.82. The van der Waals surface area contributed by atoms with E-state index in [1.807, 2.05) is 41.9 Å². The Hall–Kier alpha value is -1.99. The summed E-state index contributed by atoms with van der Waals surface area (Å²) in [5, 5.41) is 8.71. The van der Waals surface area contributed by atoms with Crippen molar-refractivity contribution >= 4 is 15.9 Å². The van der Waals surface area contributed by atoms with Crippen molar-refractivity contribution in [1.82, 2.24) is 19.9 Å². The van der Waals surface area contributed by atoms with Crippen LogP contribution in [0, 0.1) is 6.92 Å². The molecule has 0 radical (unpaired) electrons. The van der Waals surface area contributed by atoms with Crippen LogP contribution in [0.4, 0.5) is 0 Å². The fourth-order valence-electron chi connectivity index (χ4n) is 3.18. The lowest BCUT2D eigenvalue weighted by atomic mass is 9.99. The van der Waals surface area contributed by atoms with E-state index in [9.17, 15) is 0 Å². The van der Waals surface area contributed by atoms with E-state index >= 15 is 0 Å². The summed E-state index contributed by atoms with van der Waals surface area (Å²) in [5.41, 5.74) is 8.58. The first-order valence-corrected chi connectivity index (χ1v) is 8.80. The second-order valence-electron chi connectivity index (χ2n) is 6.35. The van der Waals surface area contributed by atoms with Gasteiger partial charge >= 0.3 is 0 Å². The Bertz CT molecular complexity index is 861. The first-order chi connectivity index (χ1) is 11.5.